The van der Waals surface area contributed by atoms with E-state index in [1.165, 1.54) is 19.2 Å². The number of rotatable bonds is 6. The number of phenolic OH excluding ortho intramolecular Hbond substituents is 1. The van der Waals surface area contributed by atoms with Gasteiger partial charge in [-0.1, -0.05) is 42.5 Å². The van der Waals surface area contributed by atoms with Gasteiger partial charge in [0.05, 0.1) is 7.11 Å². The van der Waals surface area contributed by atoms with Gasteiger partial charge in [0, 0.05) is 30.3 Å². The topological polar surface area (TPSA) is 78.9 Å². The van der Waals surface area contributed by atoms with E-state index < -0.39 is 6.04 Å². The molecule has 2 atom stereocenters. The number of esters is 1. The Bertz CT molecular complexity index is 1150. The van der Waals surface area contributed by atoms with Crippen LogP contribution < -0.4 is 5.32 Å². The monoisotopic (exact) mass is 448 g/mol. The third-order valence-corrected chi connectivity index (χ3v) is 5.88. The van der Waals surface area contributed by atoms with Gasteiger partial charge in [-0.05, 0) is 47.9 Å². The third-order valence-electron chi connectivity index (χ3n) is 5.88. The first-order valence-corrected chi connectivity index (χ1v) is 10.7. The number of methoxy groups -OCH3 is 1. The number of amides is 1. The number of hydrogen-bond donors (Lipinski definition) is 2. The SMILES string of the molecule is COC(=O)[C@@H]1C[C@H](NC(=O)c2ccc(-c3cccc(F)c3)cc2)CN1Cc1ccccc1O. The summed E-state index contributed by atoms with van der Waals surface area (Å²) in [5, 5.41) is 13.1. The van der Waals surface area contributed by atoms with Gasteiger partial charge in [0.15, 0.2) is 0 Å². The Morgan fingerprint density at radius 3 is 2.52 bits per heavy atom. The van der Waals surface area contributed by atoms with E-state index in [1.54, 1.807) is 48.5 Å². The van der Waals surface area contributed by atoms with E-state index in [2.05, 4.69) is 5.32 Å². The van der Waals surface area contributed by atoms with Crippen molar-refractivity contribution in [2.45, 2.75) is 25.0 Å². The summed E-state index contributed by atoms with van der Waals surface area (Å²) in [6.07, 6.45) is 0.410. The molecule has 0 aliphatic carbocycles. The number of phenols is 1. The fourth-order valence-corrected chi connectivity index (χ4v) is 4.18. The number of halogens is 1. The molecule has 170 valence electrons. The summed E-state index contributed by atoms with van der Waals surface area (Å²) in [6.45, 7) is 0.808. The number of nitrogens with one attached hydrogen (secondary N) is 1. The van der Waals surface area contributed by atoms with Gasteiger partial charge in [-0.25, -0.2) is 4.39 Å². The summed E-state index contributed by atoms with van der Waals surface area (Å²) in [5.74, 6) is -0.781. The molecule has 0 aromatic heterocycles. The molecule has 0 saturated carbocycles. The minimum absolute atomic E-state index is 0.159. The van der Waals surface area contributed by atoms with E-state index in [1.807, 2.05) is 17.0 Å². The first-order valence-electron chi connectivity index (χ1n) is 10.7. The Morgan fingerprint density at radius 1 is 1.06 bits per heavy atom. The smallest absolute Gasteiger partial charge is 0.323 e. The quantitative estimate of drug-likeness (QED) is 0.562. The molecule has 1 aliphatic heterocycles. The molecule has 3 aromatic rings. The number of carbonyl (C=O) groups excluding carboxylic acids is 2. The number of nitrogens with zero attached hydrogens (tertiary/aromatic N) is 1. The van der Waals surface area contributed by atoms with Crippen molar-refractivity contribution < 1.29 is 23.8 Å². The molecule has 7 heteroatoms. The highest BCUT2D eigenvalue weighted by Crippen LogP contribution is 2.26. The Morgan fingerprint density at radius 2 is 1.82 bits per heavy atom. The molecule has 2 N–H and O–H groups in total. The number of ether oxygens (including phenoxy) is 1. The molecule has 1 fully saturated rings. The zero-order valence-corrected chi connectivity index (χ0v) is 18.2. The normalized spacial score (nSPS) is 18.1. The second kappa shape index (κ2) is 9.83. The highest BCUT2D eigenvalue weighted by molar-refractivity contribution is 5.95. The second-order valence-electron chi connectivity index (χ2n) is 8.09. The van der Waals surface area contributed by atoms with Crippen LogP contribution in [0.3, 0.4) is 0 Å². The first-order chi connectivity index (χ1) is 15.9. The summed E-state index contributed by atoms with van der Waals surface area (Å²) in [5.41, 5.74) is 2.72. The minimum Gasteiger partial charge on any atom is -0.508 e. The van der Waals surface area contributed by atoms with Crippen LogP contribution in [0.5, 0.6) is 5.75 Å². The van der Waals surface area contributed by atoms with Gasteiger partial charge in [-0.3, -0.25) is 14.5 Å². The van der Waals surface area contributed by atoms with E-state index in [0.717, 1.165) is 11.1 Å². The molecule has 1 amide bonds. The Balaban J connectivity index is 1.44. The molecule has 0 radical (unpaired) electrons. The highest BCUT2D eigenvalue weighted by atomic mass is 19.1. The predicted molar refractivity (Wildman–Crippen MR) is 122 cm³/mol. The Kier molecular flexibility index (Phi) is 6.70. The minimum atomic E-state index is -0.518. The third kappa shape index (κ3) is 5.21. The zero-order valence-electron chi connectivity index (χ0n) is 18.2. The lowest BCUT2D eigenvalue weighted by Gasteiger charge is -2.22. The Labute approximate surface area is 191 Å². The first kappa shape index (κ1) is 22.5. The number of aromatic hydroxyl groups is 1. The molecule has 1 saturated heterocycles. The van der Waals surface area contributed by atoms with Crippen LogP contribution in [0.4, 0.5) is 4.39 Å². The molecular formula is C26H25FN2O4. The van der Waals surface area contributed by atoms with Crippen LogP contribution in [-0.2, 0) is 16.1 Å². The summed E-state index contributed by atoms with van der Waals surface area (Å²) in [7, 11) is 1.34. The average Bonchev–Trinajstić information content (AvgIpc) is 3.22. The molecule has 1 heterocycles. The van der Waals surface area contributed by atoms with Crippen LogP contribution >= 0.6 is 0 Å². The fraction of sp³-hybridized carbons (Fsp3) is 0.231. The lowest BCUT2D eigenvalue weighted by Crippen LogP contribution is -2.37. The number of carbonyl (C=O) groups is 2. The van der Waals surface area contributed by atoms with Crippen LogP contribution in [0.2, 0.25) is 0 Å². The Hall–Kier alpha value is -3.71. The molecule has 1 aliphatic rings. The van der Waals surface area contributed by atoms with Crippen LogP contribution in [0, 0.1) is 5.82 Å². The van der Waals surface area contributed by atoms with E-state index in [9.17, 15) is 19.1 Å². The fourth-order valence-electron chi connectivity index (χ4n) is 4.18. The van der Waals surface area contributed by atoms with E-state index in [4.69, 9.17) is 4.74 Å². The van der Waals surface area contributed by atoms with Gasteiger partial charge in [0.1, 0.15) is 17.6 Å². The summed E-state index contributed by atoms with van der Waals surface area (Å²) in [6, 6.07) is 19.4. The molecule has 6 nitrogen and oxygen atoms in total. The van der Waals surface area contributed by atoms with Crippen molar-refractivity contribution in [3.8, 4) is 16.9 Å². The average molecular weight is 448 g/mol. The molecule has 0 unspecified atom stereocenters. The van der Waals surface area contributed by atoms with Crippen molar-refractivity contribution in [1.29, 1.82) is 0 Å². The van der Waals surface area contributed by atoms with Crippen LogP contribution in [-0.4, -0.2) is 47.6 Å². The summed E-state index contributed by atoms with van der Waals surface area (Å²) < 4.78 is 18.4. The van der Waals surface area contributed by atoms with E-state index in [0.29, 0.717) is 30.6 Å². The maximum absolute atomic E-state index is 13.5. The maximum atomic E-state index is 13.5. The van der Waals surface area contributed by atoms with Crippen LogP contribution in [0.25, 0.3) is 11.1 Å². The van der Waals surface area contributed by atoms with Gasteiger partial charge < -0.3 is 15.2 Å². The molecular weight excluding hydrogens is 423 g/mol. The van der Waals surface area contributed by atoms with E-state index in [-0.39, 0.29) is 29.5 Å². The van der Waals surface area contributed by atoms with E-state index >= 15 is 0 Å². The van der Waals surface area contributed by atoms with Crippen molar-refractivity contribution in [3.63, 3.8) is 0 Å². The maximum Gasteiger partial charge on any atom is 0.323 e. The number of benzene rings is 3. The summed E-state index contributed by atoms with van der Waals surface area (Å²) >= 11 is 0. The van der Waals surface area contributed by atoms with Crippen molar-refractivity contribution >= 4 is 11.9 Å². The van der Waals surface area contributed by atoms with Crippen molar-refractivity contribution in [3.05, 3.63) is 89.7 Å². The van der Waals surface area contributed by atoms with Gasteiger partial charge in [0.25, 0.3) is 5.91 Å². The predicted octanol–water partition coefficient (Wildman–Crippen LogP) is 3.74. The number of para-hydroxylation sites is 1. The molecule has 33 heavy (non-hydrogen) atoms. The molecule has 0 bridgehead atoms. The molecule has 3 aromatic carbocycles. The van der Waals surface area contributed by atoms with Crippen molar-refractivity contribution in [2.24, 2.45) is 0 Å². The van der Waals surface area contributed by atoms with Crippen molar-refractivity contribution in [1.82, 2.24) is 10.2 Å². The number of hydrogen-bond acceptors (Lipinski definition) is 5. The van der Waals surface area contributed by atoms with Crippen molar-refractivity contribution in [2.75, 3.05) is 13.7 Å². The molecule has 4 rings (SSSR count). The summed E-state index contributed by atoms with van der Waals surface area (Å²) in [4.78, 5) is 27.1. The van der Waals surface area contributed by atoms with Gasteiger partial charge in [-0.2, -0.15) is 0 Å². The molecule has 0 spiro atoms. The van der Waals surface area contributed by atoms with Crippen LogP contribution in [0.15, 0.2) is 72.8 Å². The lowest BCUT2D eigenvalue weighted by molar-refractivity contribution is -0.146. The number of likely N-dealkylation sites (tertiary alicyclic amines) is 1. The lowest BCUT2D eigenvalue weighted by atomic mass is 10.0. The van der Waals surface area contributed by atoms with Gasteiger partial charge >= 0.3 is 5.97 Å². The largest absolute Gasteiger partial charge is 0.508 e. The van der Waals surface area contributed by atoms with Crippen LogP contribution in [0.1, 0.15) is 22.3 Å². The second-order valence-corrected chi connectivity index (χ2v) is 8.09. The van der Waals surface area contributed by atoms with Gasteiger partial charge in [0.2, 0.25) is 0 Å². The highest BCUT2D eigenvalue weighted by Gasteiger charge is 2.38. The standard InChI is InChI=1S/C26H25FN2O4/c1-33-26(32)23-14-22(16-29(23)15-20-5-2-3-8-24(20)30)28-25(31)18-11-9-17(10-12-18)19-6-4-7-21(27)13-19/h2-13,22-23,30H,14-16H2,1H3,(H,28,31)/t22-,23-/m0/s1. The van der Waals surface area contributed by atoms with Gasteiger partial charge in [-0.15, -0.1) is 0 Å². The zero-order chi connectivity index (χ0) is 23.4.